The molecule has 3 N–H and O–H groups in total. The Morgan fingerprint density at radius 3 is 2.48 bits per heavy atom. The van der Waals surface area contributed by atoms with E-state index in [1.54, 1.807) is 0 Å². The molecule has 2 amide bonds. The quantitative estimate of drug-likeness (QED) is 0.869. The third kappa shape index (κ3) is 4.04. The molecule has 2 aromatic rings. The highest BCUT2D eigenvalue weighted by Crippen LogP contribution is 2.25. The minimum atomic E-state index is -0.609. The molecule has 7 heteroatoms. The number of hydrogen-bond donors (Lipinski definition) is 2. The topological polar surface area (TPSA) is 103 Å². The predicted octanol–water partition coefficient (Wildman–Crippen LogP) is 2.12. The third-order valence-electron chi connectivity index (χ3n) is 4.74. The van der Waals surface area contributed by atoms with Crippen LogP contribution in [0.25, 0.3) is 5.69 Å². The second-order valence-corrected chi connectivity index (χ2v) is 6.57. The van der Waals surface area contributed by atoms with Crippen molar-refractivity contribution in [1.29, 1.82) is 0 Å². The molecule has 25 heavy (non-hydrogen) atoms. The molecule has 0 aliphatic heterocycles. The molecule has 0 spiro atoms. The Kier molecular flexibility index (Phi) is 5.11. The van der Waals surface area contributed by atoms with Crippen LogP contribution in [0.15, 0.2) is 30.5 Å². The number of rotatable bonds is 5. The molecule has 1 unspecified atom stereocenters. The van der Waals surface area contributed by atoms with Gasteiger partial charge in [-0.2, -0.15) is 0 Å². The van der Waals surface area contributed by atoms with Gasteiger partial charge in [0.15, 0.2) is 5.69 Å². The summed E-state index contributed by atoms with van der Waals surface area (Å²) in [4.78, 5) is 23.4. The van der Waals surface area contributed by atoms with E-state index in [0.717, 1.165) is 36.9 Å². The van der Waals surface area contributed by atoms with Crippen molar-refractivity contribution in [2.45, 2.75) is 45.1 Å². The number of nitrogens with one attached hydrogen (secondary N) is 1. The summed E-state index contributed by atoms with van der Waals surface area (Å²) < 4.78 is 1.50. The Balaban J connectivity index is 1.64. The summed E-state index contributed by atoms with van der Waals surface area (Å²) in [5.41, 5.74) is 7.09. The number of primary amides is 1. The second-order valence-electron chi connectivity index (χ2n) is 6.57. The van der Waals surface area contributed by atoms with Crippen LogP contribution in [0.5, 0.6) is 0 Å². The largest absolute Gasteiger partial charge is 0.364 e. The minimum Gasteiger partial charge on any atom is -0.364 e. The summed E-state index contributed by atoms with van der Waals surface area (Å²) in [5.74, 6) is -0.307. The standard InChI is InChI=1S/C18H23N5O2/c1-12(20-18(25)14-5-3-2-4-6-14)13-7-9-15(10-8-13)23-11-16(17(19)24)21-22-23/h7-12,14H,2-6H2,1H3,(H2,19,24)(H,20,25). The Morgan fingerprint density at radius 2 is 1.88 bits per heavy atom. The highest BCUT2D eigenvalue weighted by Gasteiger charge is 2.22. The molecule has 1 aliphatic rings. The monoisotopic (exact) mass is 341 g/mol. The van der Waals surface area contributed by atoms with Crippen LogP contribution in [0.4, 0.5) is 0 Å². The van der Waals surface area contributed by atoms with Gasteiger partial charge in [-0.25, -0.2) is 4.68 Å². The first kappa shape index (κ1) is 17.1. The molecule has 1 saturated carbocycles. The normalized spacial score (nSPS) is 16.4. The van der Waals surface area contributed by atoms with Gasteiger partial charge in [0.25, 0.3) is 5.91 Å². The zero-order valence-corrected chi connectivity index (χ0v) is 14.3. The van der Waals surface area contributed by atoms with E-state index in [9.17, 15) is 9.59 Å². The summed E-state index contributed by atoms with van der Waals surface area (Å²) >= 11 is 0. The molecular weight excluding hydrogens is 318 g/mol. The van der Waals surface area contributed by atoms with Crippen molar-refractivity contribution in [2.24, 2.45) is 11.7 Å². The van der Waals surface area contributed by atoms with Gasteiger partial charge >= 0.3 is 0 Å². The van der Waals surface area contributed by atoms with Gasteiger partial charge in [0.2, 0.25) is 5.91 Å². The average Bonchev–Trinajstić information content (AvgIpc) is 3.13. The Labute approximate surface area is 146 Å². The molecule has 0 saturated heterocycles. The van der Waals surface area contributed by atoms with Crippen LogP contribution in [0.2, 0.25) is 0 Å². The molecule has 1 aromatic carbocycles. The summed E-state index contributed by atoms with van der Waals surface area (Å²) in [6.45, 7) is 1.98. The SMILES string of the molecule is CC(NC(=O)C1CCCCC1)c1ccc(-n2cc(C(N)=O)nn2)cc1. The maximum absolute atomic E-state index is 12.4. The third-order valence-corrected chi connectivity index (χ3v) is 4.74. The van der Waals surface area contributed by atoms with Crippen LogP contribution >= 0.6 is 0 Å². The van der Waals surface area contributed by atoms with Gasteiger partial charge in [-0.1, -0.05) is 36.6 Å². The van der Waals surface area contributed by atoms with Gasteiger partial charge in [-0.3, -0.25) is 9.59 Å². The number of nitrogens with two attached hydrogens (primary N) is 1. The average molecular weight is 341 g/mol. The van der Waals surface area contributed by atoms with Crippen molar-refractivity contribution in [2.75, 3.05) is 0 Å². The van der Waals surface area contributed by atoms with Crippen LogP contribution < -0.4 is 11.1 Å². The fourth-order valence-corrected chi connectivity index (χ4v) is 3.20. The Hall–Kier alpha value is -2.70. The molecule has 3 rings (SSSR count). The first-order chi connectivity index (χ1) is 12.0. The highest BCUT2D eigenvalue weighted by molar-refractivity contribution is 5.90. The number of aromatic nitrogens is 3. The van der Waals surface area contributed by atoms with Crippen molar-refractivity contribution < 1.29 is 9.59 Å². The van der Waals surface area contributed by atoms with Crippen LogP contribution in [-0.4, -0.2) is 26.8 Å². The zero-order valence-electron chi connectivity index (χ0n) is 14.3. The number of benzene rings is 1. The van der Waals surface area contributed by atoms with Crippen molar-refractivity contribution in [1.82, 2.24) is 20.3 Å². The molecule has 1 atom stereocenters. The summed E-state index contributed by atoms with van der Waals surface area (Å²) in [6.07, 6.45) is 7.00. The first-order valence-electron chi connectivity index (χ1n) is 8.67. The van der Waals surface area contributed by atoms with Crippen LogP contribution in [0, 0.1) is 5.92 Å². The molecule has 1 aromatic heterocycles. The fraction of sp³-hybridized carbons (Fsp3) is 0.444. The predicted molar refractivity (Wildman–Crippen MR) is 93.0 cm³/mol. The molecule has 1 fully saturated rings. The van der Waals surface area contributed by atoms with E-state index in [-0.39, 0.29) is 23.6 Å². The van der Waals surface area contributed by atoms with Gasteiger partial charge in [0, 0.05) is 5.92 Å². The minimum absolute atomic E-state index is 0.0552. The van der Waals surface area contributed by atoms with Crippen molar-refractivity contribution in [3.8, 4) is 5.69 Å². The van der Waals surface area contributed by atoms with E-state index in [1.807, 2.05) is 31.2 Å². The fourth-order valence-electron chi connectivity index (χ4n) is 3.20. The van der Waals surface area contributed by atoms with Gasteiger partial charge in [0.1, 0.15) is 0 Å². The second kappa shape index (κ2) is 7.46. The number of nitrogens with zero attached hydrogens (tertiary/aromatic N) is 3. The maximum Gasteiger partial charge on any atom is 0.270 e. The maximum atomic E-state index is 12.4. The van der Waals surface area contributed by atoms with E-state index >= 15 is 0 Å². The Morgan fingerprint density at radius 1 is 1.20 bits per heavy atom. The number of carbonyl (C=O) groups is 2. The number of amides is 2. The van der Waals surface area contributed by atoms with Gasteiger partial charge < -0.3 is 11.1 Å². The van der Waals surface area contributed by atoms with Crippen molar-refractivity contribution in [3.05, 3.63) is 41.7 Å². The lowest BCUT2D eigenvalue weighted by Crippen LogP contribution is -2.33. The molecule has 7 nitrogen and oxygen atoms in total. The summed E-state index contributed by atoms with van der Waals surface area (Å²) in [5, 5.41) is 10.7. The summed E-state index contributed by atoms with van der Waals surface area (Å²) in [6, 6.07) is 7.57. The van der Waals surface area contributed by atoms with Gasteiger partial charge in [-0.05, 0) is 37.5 Å². The van der Waals surface area contributed by atoms with Crippen molar-refractivity contribution in [3.63, 3.8) is 0 Å². The lowest BCUT2D eigenvalue weighted by molar-refractivity contribution is -0.126. The lowest BCUT2D eigenvalue weighted by atomic mass is 9.88. The van der Waals surface area contributed by atoms with E-state index in [0.29, 0.717) is 0 Å². The van der Waals surface area contributed by atoms with E-state index in [1.165, 1.54) is 17.3 Å². The van der Waals surface area contributed by atoms with Crippen LogP contribution in [-0.2, 0) is 4.79 Å². The highest BCUT2D eigenvalue weighted by atomic mass is 16.2. The smallest absolute Gasteiger partial charge is 0.270 e. The van der Waals surface area contributed by atoms with Gasteiger partial charge in [0.05, 0.1) is 17.9 Å². The molecule has 132 valence electrons. The summed E-state index contributed by atoms with van der Waals surface area (Å²) in [7, 11) is 0. The van der Waals surface area contributed by atoms with Crippen molar-refractivity contribution >= 4 is 11.8 Å². The first-order valence-corrected chi connectivity index (χ1v) is 8.67. The molecule has 0 bridgehead atoms. The van der Waals surface area contributed by atoms with E-state index < -0.39 is 5.91 Å². The molecule has 1 heterocycles. The lowest BCUT2D eigenvalue weighted by Gasteiger charge is -2.23. The van der Waals surface area contributed by atoms with E-state index in [2.05, 4.69) is 15.6 Å². The zero-order chi connectivity index (χ0) is 17.8. The van der Waals surface area contributed by atoms with Crippen LogP contribution in [0.3, 0.4) is 0 Å². The van der Waals surface area contributed by atoms with E-state index in [4.69, 9.17) is 5.73 Å². The number of carbonyl (C=O) groups excluding carboxylic acids is 2. The molecule has 1 aliphatic carbocycles. The molecular formula is C18H23N5O2. The molecule has 0 radical (unpaired) electrons. The Bertz CT molecular complexity index is 747. The van der Waals surface area contributed by atoms with Crippen LogP contribution in [0.1, 0.15) is 61.1 Å². The number of hydrogen-bond acceptors (Lipinski definition) is 4. The van der Waals surface area contributed by atoms with Gasteiger partial charge in [-0.15, -0.1) is 5.10 Å².